The molecule has 106 valence electrons. The van der Waals surface area contributed by atoms with Crippen molar-refractivity contribution in [2.75, 3.05) is 18.1 Å². The van der Waals surface area contributed by atoms with E-state index in [1.165, 1.54) is 17.9 Å². The van der Waals surface area contributed by atoms with Crippen LogP contribution < -0.4 is 10.5 Å². The molecule has 0 aliphatic carbocycles. The highest BCUT2D eigenvalue weighted by Gasteiger charge is 2.31. The second-order valence-electron chi connectivity index (χ2n) is 4.57. The van der Waals surface area contributed by atoms with Gasteiger partial charge in [0.2, 0.25) is 0 Å². The van der Waals surface area contributed by atoms with Gasteiger partial charge in [-0.05, 0) is 25.0 Å². The van der Waals surface area contributed by atoms with Crippen LogP contribution in [-0.2, 0) is 0 Å². The maximum Gasteiger partial charge on any atom is 0.137 e. The summed E-state index contributed by atoms with van der Waals surface area (Å²) in [6.07, 6.45) is 4.80. The van der Waals surface area contributed by atoms with Gasteiger partial charge in [-0.3, -0.25) is 4.98 Å². The molecule has 1 saturated heterocycles. The molecule has 0 radical (unpaired) electrons. The lowest BCUT2D eigenvalue weighted by atomic mass is 10.0. The van der Waals surface area contributed by atoms with E-state index in [-0.39, 0.29) is 6.04 Å². The van der Waals surface area contributed by atoms with Gasteiger partial charge in [0.05, 0.1) is 12.8 Å². The second kappa shape index (κ2) is 7.41. The standard InChI is InChI=1S/C14H22N2OS2/c1-3-12-14(19-6-5-18-12)13(15)10-7-11(17-4-2)9-16-8-10/h7-9,12-14H,3-6,15H2,1-2H3. The van der Waals surface area contributed by atoms with E-state index in [4.69, 9.17) is 10.5 Å². The average Bonchev–Trinajstić information content (AvgIpc) is 2.47. The Labute approximate surface area is 124 Å². The minimum absolute atomic E-state index is 0.0376. The molecule has 5 heteroatoms. The second-order valence-corrected chi connectivity index (χ2v) is 7.20. The van der Waals surface area contributed by atoms with Crippen molar-refractivity contribution in [3.05, 3.63) is 24.0 Å². The van der Waals surface area contributed by atoms with Crippen LogP contribution in [0.1, 0.15) is 31.9 Å². The zero-order valence-corrected chi connectivity index (χ0v) is 13.2. The fourth-order valence-electron chi connectivity index (χ4n) is 2.32. The Bertz CT molecular complexity index is 403. The van der Waals surface area contributed by atoms with E-state index in [0.717, 1.165) is 11.3 Å². The Hall–Kier alpha value is -0.390. The highest BCUT2D eigenvalue weighted by Crippen LogP contribution is 2.39. The summed E-state index contributed by atoms with van der Waals surface area (Å²) in [5, 5.41) is 1.12. The first-order chi connectivity index (χ1) is 9.26. The first-order valence-corrected chi connectivity index (χ1v) is 8.92. The van der Waals surface area contributed by atoms with Gasteiger partial charge in [0.15, 0.2) is 0 Å². The van der Waals surface area contributed by atoms with E-state index >= 15 is 0 Å². The molecule has 3 nitrogen and oxygen atoms in total. The lowest BCUT2D eigenvalue weighted by molar-refractivity contribution is 0.338. The highest BCUT2D eigenvalue weighted by molar-refractivity contribution is 8.07. The Morgan fingerprint density at radius 1 is 1.37 bits per heavy atom. The molecule has 0 aromatic carbocycles. The lowest BCUT2D eigenvalue weighted by Gasteiger charge is -2.34. The van der Waals surface area contributed by atoms with Crippen LogP contribution in [0.3, 0.4) is 0 Å². The van der Waals surface area contributed by atoms with E-state index in [9.17, 15) is 0 Å². The summed E-state index contributed by atoms with van der Waals surface area (Å²) in [6, 6.07) is 2.07. The van der Waals surface area contributed by atoms with Crippen molar-refractivity contribution >= 4 is 23.5 Å². The van der Waals surface area contributed by atoms with Gasteiger partial charge >= 0.3 is 0 Å². The molecule has 1 aliphatic heterocycles. The average molecular weight is 298 g/mol. The van der Waals surface area contributed by atoms with Crippen LogP contribution in [0.5, 0.6) is 5.75 Å². The SMILES string of the molecule is CCOc1cncc(C(N)C2SCCSC2CC)c1. The molecule has 1 aromatic rings. The predicted octanol–water partition coefficient (Wildman–Crippen LogP) is 3.11. The molecule has 0 bridgehead atoms. The monoisotopic (exact) mass is 298 g/mol. The van der Waals surface area contributed by atoms with E-state index < -0.39 is 0 Å². The molecular weight excluding hydrogens is 276 g/mol. The van der Waals surface area contributed by atoms with Crippen molar-refractivity contribution in [1.29, 1.82) is 0 Å². The number of thioether (sulfide) groups is 2. The molecule has 3 atom stereocenters. The van der Waals surface area contributed by atoms with Gasteiger partial charge in [-0.1, -0.05) is 6.92 Å². The Balaban J connectivity index is 2.12. The predicted molar refractivity (Wildman–Crippen MR) is 85.1 cm³/mol. The molecule has 2 N–H and O–H groups in total. The molecule has 2 rings (SSSR count). The van der Waals surface area contributed by atoms with Gasteiger partial charge in [-0.2, -0.15) is 23.5 Å². The number of ether oxygens (including phenoxy) is 1. The lowest BCUT2D eigenvalue weighted by Crippen LogP contribution is -2.35. The number of hydrogen-bond donors (Lipinski definition) is 1. The quantitative estimate of drug-likeness (QED) is 0.905. The number of nitrogens with two attached hydrogens (primary N) is 1. The fraction of sp³-hybridized carbons (Fsp3) is 0.643. The van der Waals surface area contributed by atoms with Gasteiger partial charge in [-0.25, -0.2) is 0 Å². The van der Waals surface area contributed by atoms with Crippen LogP contribution in [0, 0.1) is 0 Å². The van der Waals surface area contributed by atoms with Crippen molar-refractivity contribution in [3.63, 3.8) is 0 Å². The summed E-state index contributed by atoms with van der Waals surface area (Å²) in [5.74, 6) is 3.25. The Morgan fingerprint density at radius 3 is 2.89 bits per heavy atom. The number of nitrogens with zero attached hydrogens (tertiary/aromatic N) is 1. The molecular formula is C14H22N2OS2. The largest absolute Gasteiger partial charge is 0.492 e. The fourth-order valence-corrected chi connectivity index (χ4v) is 5.51. The molecule has 0 saturated carbocycles. The van der Waals surface area contributed by atoms with E-state index in [1.54, 1.807) is 6.20 Å². The van der Waals surface area contributed by atoms with Gasteiger partial charge in [0, 0.05) is 34.2 Å². The van der Waals surface area contributed by atoms with E-state index in [2.05, 4.69) is 23.7 Å². The summed E-state index contributed by atoms with van der Waals surface area (Å²) in [5.41, 5.74) is 7.56. The smallest absolute Gasteiger partial charge is 0.137 e. The van der Waals surface area contributed by atoms with E-state index in [1.807, 2.05) is 30.9 Å². The third-order valence-electron chi connectivity index (χ3n) is 3.28. The maximum atomic E-state index is 6.47. The highest BCUT2D eigenvalue weighted by atomic mass is 32.2. The van der Waals surface area contributed by atoms with Crippen LogP contribution in [0.15, 0.2) is 18.5 Å². The zero-order valence-electron chi connectivity index (χ0n) is 11.5. The summed E-state index contributed by atoms with van der Waals surface area (Å²) >= 11 is 4.06. The first kappa shape index (κ1) is 15.0. The van der Waals surface area contributed by atoms with Crippen LogP contribution in [0.4, 0.5) is 0 Å². The summed E-state index contributed by atoms with van der Waals surface area (Å²) < 4.78 is 5.51. The van der Waals surface area contributed by atoms with E-state index in [0.29, 0.717) is 17.1 Å². The number of pyridine rings is 1. The summed E-state index contributed by atoms with van der Waals surface area (Å²) in [4.78, 5) is 4.25. The van der Waals surface area contributed by atoms with Crippen molar-refractivity contribution in [2.24, 2.45) is 5.73 Å². The maximum absolute atomic E-state index is 6.47. The summed E-state index contributed by atoms with van der Waals surface area (Å²) in [7, 11) is 0. The van der Waals surface area contributed by atoms with Gasteiger partial charge in [0.25, 0.3) is 0 Å². The van der Waals surface area contributed by atoms with Crippen LogP contribution in [-0.4, -0.2) is 33.6 Å². The minimum atomic E-state index is 0.0376. The topological polar surface area (TPSA) is 48.1 Å². The number of hydrogen-bond acceptors (Lipinski definition) is 5. The Morgan fingerprint density at radius 2 is 2.16 bits per heavy atom. The molecule has 0 amide bonds. The minimum Gasteiger partial charge on any atom is -0.492 e. The van der Waals surface area contributed by atoms with Gasteiger partial charge < -0.3 is 10.5 Å². The number of rotatable bonds is 5. The van der Waals surface area contributed by atoms with Crippen molar-refractivity contribution < 1.29 is 4.74 Å². The van der Waals surface area contributed by atoms with Crippen LogP contribution in [0.25, 0.3) is 0 Å². The number of aromatic nitrogens is 1. The molecule has 1 fully saturated rings. The Kier molecular flexibility index (Phi) is 5.85. The van der Waals surface area contributed by atoms with Crippen molar-refractivity contribution in [1.82, 2.24) is 4.98 Å². The third-order valence-corrected chi connectivity index (χ3v) is 6.65. The summed E-state index contributed by atoms with van der Waals surface area (Å²) in [6.45, 7) is 4.89. The van der Waals surface area contributed by atoms with Crippen LogP contribution >= 0.6 is 23.5 Å². The molecule has 2 heterocycles. The third kappa shape index (κ3) is 3.80. The first-order valence-electron chi connectivity index (χ1n) is 6.82. The normalized spacial score (nSPS) is 25.0. The molecule has 0 spiro atoms. The molecule has 1 aliphatic rings. The van der Waals surface area contributed by atoms with Crippen LogP contribution in [0.2, 0.25) is 0 Å². The molecule has 3 unspecified atom stereocenters. The van der Waals surface area contributed by atoms with Crippen molar-refractivity contribution in [3.8, 4) is 5.75 Å². The van der Waals surface area contributed by atoms with Gasteiger partial charge in [0.1, 0.15) is 5.75 Å². The molecule has 19 heavy (non-hydrogen) atoms. The van der Waals surface area contributed by atoms with Gasteiger partial charge in [-0.15, -0.1) is 0 Å². The molecule has 1 aromatic heterocycles. The van der Waals surface area contributed by atoms with Crippen molar-refractivity contribution in [2.45, 2.75) is 36.8 Å². The zero-order chi connectivity index (χ0) is 13.7.